The molecule has 6 heteroatoms. The predicted octanol–water partition coefficient (Wildman–Crippen LogP) is 1.57. The summed E-state index contributed by atoms with van der Waals surface area (Å²) < 4.78 is 18.3. The van der Waals surface area contributed by atoms with Crippen LogP contribution in [0.25, 0.3) is 0 Å². The summed E-state index contributed by atoms with van der Waals surface area (Å²) in [5.74, 6) is -0.791. The molecule has 0 unspecified atom stereocenters. The molecular weight excluding hydrogens is 227 g/mol. The lowest BCUT2D eigenvalue weighted by atomic mass is 10.2. The highest BCUT2D eigenvalue weighted by Gasteiger charge is 2.16. The van der Waals surface area contributed by atoms with E-state index in [-0.39, 0.29) is 0 Å². The summed E-state index contributed by atoms with van der Waals surface area (Å²) in [4.78, 5) is 12.0. The van der Waals surface area contributed by atoms with Crippen molar-refractivity contribution in [2.45, 2.75) is 6.54 Å². The molecule has 1 aromatic rings. The topological polar surface area (TPSA) is 55.6 Å². The number of nitro groups is 1. The molecule has 0 radical (unpaired) electrons. The Morgan fingerprint density at radius 1 is 1.41 bits per heavy atom. The van der Waals surface area contributed by atoms with E-state index in [2.05, 4.69) is 4.90 Å². The predicted molar refractivity (Wildman–Crippen MR) is 59.2 cm³/mol. The van der Waals surface area contributed by atoms with Gasteiger partial charge in [-0.1, -0.05) is 6.07 Å². The molecule has 1 saturated heterocycles. The lowest BCUT2D eigenvalue weighted by Crippen LogP contribution is -2.35. The number of hydrogen-bond donors (Lipinski definition) is 0. The molecule has 0 amide bonds. The Balaban J connectivity index is 2.10. The SMILES string of the molecule is O=[N+]([O-])c1cc(CN2CCOCC2)ccc1F. The van der Waals surface area contributed by atoms with E-state index < -0.39 is 16.4 Å². The summed E-state index contributed by atoms with van der Waals surface area (Å²) in [5, 5.41) is 10.6. The first-order valence-electron chi connectivity index (χ1n) is 5.40. The summed E-state index contributed by atoms with van der Waals surface area (Å²) in [5.41, 5.74) is 0.288. The van der Waals surface area contributed by atoms with Crippen molar-refractivity contribution in [2.24, 2.45) is 0 Å². The summed E-state index contributed by atoms with van der Waals surface area (Å²) in [6, 6.07) is 4.02. The van der Waals surface area contributed by atoms with Crippen molar-refractivity contribution in [3.63, 3.8) is 0 Å². The molecular formula is C11H13FN2O3. The molecule has 0 N–H and O–H groups in total. The third-order valence-electron chi connectivity index (χ3n) is 2.72. The zero-order valence-electron chi connectivity index (χ0n) is 9.26. The molecule has 0 bridgehead atoms. The highest BCUT2D eigenvalue weighted by Crippen LogP contribution is 2.19. The first kappa shape index (κ1) is 11.9. The Kier molecular flexibility index (Phi) is 3.65. The third kappa shape index (κ3) is 2.98. The van der Waals surface area contributed by atoms with Crippen LogP contribution in [0.15, 0.2) is 18.2 Å². The largest absolute Gasteiger partial charge is 0.379 e. The molecule has 1 aliphatic rings. The normalized spacial score (nSPS) is 17.0. The standard InChI is InChI=1S/C11H13FN2O3/c12-10-2-1-9(7-11(10)14(15)16)8-13-3-5-17-6-4-13/h1-2,7H,3-6,8H2. The molecule has 0 spiro atoms. The number of benzene rings is 1. The van der Waals surface area contributed by atoms with Crippen molar-refractivity contribution in [1.29, 1.82) is 0 Å². The van der Waals surface area contributed by atoms with Gasteiger partial charge in [-0.05, 0) is 11.6 Å². The van der Waals surface area contributed by atoms with E-state index >= 15 is 0 Å². The third-order valence-corrected chi connectivity index (χ3v) is 2.72. The molecule has 0 atom stereocenters. The van der Waals surface area contributed by atoms with Gasteiger partial charge in [0, 0.05) is 25.7 Å². The highest BCUT2D eigenvalue weighted by molar-refractivity contribution is 5.36. The lowest BCUT2D eigenvalue weighted by Gasteiger charge is -2.26. The van der Waals surface area contributed by atoms with Gasteiger partial charge in [0.25, 0.3) is 0 Å². The first-order valence-corrected chi connectivity index (χ1v) is 5.40. The van der Waals surface area contributed by atoms with Crippen LogP contribution in [0.2, 0.25) is 0 Å². The van der Waals surface area contributed by atoms with Gasteiger partial charge in [0.2, 0.25) is 5.82 Å². The Bertz CT molecular complexity index is 419. The van der Waals surface area contributed by atoms with Crippen LogP contribution in [0.5, 0.6) is 0 Å². The van der Waals surface area contributed by atoms with Crippen molar-refractivity contribution < 1.29 is 14.1 Å². The van der Waals surface area contributed by atoms with Gasteiger partial charge >= 0.3 is 5.69 Å². The number of hydrogen-bond acceptors (Lipinski definition) is 4. The van der Waals surface area contributed by atoms with Crippen LogP contribution in [0.1, 0.15) is 5.56 Å². The van der Waals surface area contributed by atoms with Crippen molar-refractivity contribution in [3.05, 3.63) is 39.7 Å². The molecule has 1 aliphatic heterocycles. The average Bonchev–Trinajstić information content (AvgIpc) is 2.32. The maximum Gasteiger partial charge on any atom is 0.305 e. The Labute approximate surface area is 97.9 Å². The molecule has 0 saturated carbocycles. The molecule has 92 valence electrons. The van der Waals surface area contributed by atoms with Gasteiger partial charge in [-0.15, -0.1) is 0 Å². The maximum atomic E-state index is 13.1. The van der Waals surface area contributed by atoms with Crippen LogP contribution < -0.4 is 0 Å². The van der Waals surface area contributed by atoms with E-state index in [0.717, 1.165) is 24.7 Å². The van der Waals surface area contributed by atoms with Crippen LogP contribution in [-0.2, 0) is 11.3 Å². The van der Waals surface area contributed by atoms with Crippen LogP contribution in [0.3, 0.4) is 0 Å². The Morgan fingerprint density at radius 2 is 2.12 bits per heavy atom. The molecule has 0 aromatic heterocycles. The minimum Gasteiger partial charge on any atom is -0.379 e. The molecule has 1 aromatic carbocycles. The zero-order chi connectivity index (χ0) is 12.3. The summed E-state index contributed by atoms with van der Waals surface area (Å²) >= 11 is 0. The van der Waals surface area contributed by atoms with Gasteiger partial charge in [0.05, 0.1) is 18.1 Å². The van der Waals surface area contributed by atoms with Crippen molar-refractivity contribution in [3.8, 4) is 0 Å². The van der Waals surface area contributed by atoms with Gasteiger partial charge in [0.1, 0.15) is 0 Å². The maximum absolute atomic E-state index is 13.1. The Morgan fingerprint density at radius 3 is 2.76 bits per heavy atom. The summed E-state index contributed by atoms with van der Waals surface area (Å²) in [6.07, 6.45) is 0. The van der Waals surface area contributed by atoms with E-state index in [4.69, 9.17) is 4.74 Å². The van der Waals surface area contributed by atoms with Gasteiger partial charge in [-0.3, -0.25) is 15.0 Å². The van der Waals surface area contributed by atoms with Crippen molar-refractivity contribution >= 4 is 5.69 Å². The molecule has 5 nitrogen and oxygen atoms in total. The second kappa shape index (κ2) is 5.20. The van der Waals surface area contributed by atoms with E-state index in [1.807, 2.05) is 0 Å². The quantitative estimate of drug-likeness (QED) is 0.594. The van der Waals surface area contributed by atoms with Crippen LogP contribution in [0, 0.1) is 15.9 Å². The number of halogens is 1. The average molecular weight is 240 g/mol. The van der Waals surface area contributed by atoms with E-state index in [1.165, 1.54) is 6.07 Å². The molecule has 1 heterocycles. The summed E-state index contributed by atoms with van der Waals surface area (Å²) in [7, 11) is 0. The molecule has 1 fully saturated rings. The monoisotopic (exact) mass is 240 g/mol. The van der Waals surface area contributed by atoms with Crippen LogP contribution in [-0.4, -0.2) is 36.1 Å². The van der Waals surface area contributed by atoms with Crippen LogP contribution >= 0.6 is 0 Å². The van der Waals surface area contributed by atoms with Gasteiger partial charge in [-0.2, -0.15) is 4.39 Å². The van der Waals surface area contributed by atoms with Gasteiger partial charge in [0.15, 0.2) is 0 Å². The molecule has 0 aliphatic carbocycles. The first-order chi connectivity index (χ1) is 8.16. The minimum atomic E-state index is -0.791. The van der Waals surface area contributed by atoms with E-state index in [0.29, 0.717) is 19.8 Å². The summed E-state index contributed by atoms with van der Waals surface area (Å²) in [6.45, 7) is 3.52. The fourth-order valence-electron chi connectivity index (χ4n) is 1.81. The Hall–Kier alpha value is -1.53. The van der Waals surface area contributed by atoms with E-state index in [1.54, 1.807) is 6.07 Å². The fraction of sp³-hybridized carbons (Fsp3) is 0.455. The van der Waals surface area contributed by atoms with E-state index in [9.17, 15) is 14.5 Å². The second-order valence-corrected chi connectivity index (χ2v) is 3.93. The van der Waals surface area contributed by atoms with Gasteiger partial charge < -0.3 is 4.74 Å². The number of rotatable bonds is 3. The smallest absolute Gasteiger partial charge is 0.305 e. The number of nitrogens with zero attached hydrogens (tertiary/aromatic N) is 2. The van der Waals surface area contributed by atoms with Crippen molar-refractivity contribution in [2.75, 3.05) is 26.3 Å². The molecule has 2 rings (SSSR count). The van der Waals surface area contributed by atoms with Gasteiger partial charge in [-0.25, -0.2) is 0 Å². The van der Waals surface area contributed by atoms with Crippen molar-refractivity contribution in [1.82, 2.24) is 4.90 Å². The van der Waals surface area contributed by atoms with Crippen LogP contribution in [0.4, 0.5) is 10.1 Å². The highest BCUT2D eigenvalue weighted by atomic mass is 19.1. The lowest BCUT2D eigenvalue weighted by molar-refractivity contribution is -0.387. The fourth-order valence-corrected chi connectivity index (χ4v) is 1.81. The number of nitro benzene ring substituents is 1. The number of ether oxygens (including phenoxy) is 1. The zero-order valence-corrected chi connectivity index (χ0v) is 9.26. The number of morpholine rings is 1. The molecule has 17 heavy (non-hydrogen) atoms. The second-order valence-electron chi connectivity index (χ2n) is 3.93. The minimum absolute atomic E-state index is 0.462.